The minimum absolute atomic E-state index is 0.00325. The fourth-order valence-electron chi connectivity index (χ4n) is 3.00. The summed E-state index contributed by atoms with van der Waals surface area (Å²) in [4.78, 5) is 26.2. The maximum Gasteiger partial charge on any atom is 0.244 e. The molecule has 0 spiro atoms. The molecule has 1 N–H and O–H groups in total. The number of hydrogen-bond acceptors (Lipinski definition) is 2. The van der Waals surface area contributed by atoms with Gasteiger partial charge in [-0.3, -0.25) is 9.59 Å². The lowest BCUT2D eigenvalue weighted by molar-refractivity contribution is -0.120. The van der Waals surface area contributed by atoms with Crippen molar-refractivity contribution in [1.82, 2.24) is 0 Å². The van der Waals surface area contributed by atoms with Gasteiger partial charge in [-0.15, -0.1) is 0 Å². The largest absolute Gasteiger partial charge is 0.324 e. The molecule has 2 aromatic carbocycles. The first kappa shape index (κ1) is 18.7. The normalized spacial score (nSPS) is 10.4. The summed E-state index contributed by atoms with van der Waals surface area (Å²) in [5, 5.41) is 2.98. The summed E-state index contributed by atoms with van der Waals surface area (Å²) in [7, 11) is 0. The number of anilines is 2. The van der Waals surface area contributed by atoms with Crippen molar-refractivity contribution in [3.8, 4) is 0 Å². The van der Waals surface area contributed by atoms with Crippen LogP contribution in [0.2, 0.25) is 0 Å². The average molecular weight is 338 g/mol. The quantitative estimate of drug-likeness (QED) is 0.889. The van der Waals surface area contributed by atoms with Gasteiger partial charge in [-0.1, -0.05) is 42.8 Å². The number of hydrogen-bond donors (Lipinski definition) is 1. The van der Waals surface area contributed by atoms with Crippen molar-refractivity contribution in [3.05, 3.63) is 58.7 Å². The van der Waals surface area contributed by atoms with E-state index < -0.39 is 0 Å². The summed E-state index contributed by atoms with van der Waals surface area (Å²) in [6.45, 7) is 9.47. The first-order valence-corrected chi connectivity index (χ1v) is 8.57. The standard InChI is InChI=1S/C21H26N2O2/c1-6-18-9-7-8-15(3)21(18)22-20(25)13-23(17(5)24)19-11-10-14(2)12-16(19)4/h7-12H,6,13H2,1-5H3,(H,22,25). The third-order valence-corrected chi connectivity index (χ3v) is 4.33. The zero-order valence-electron chi connectivity index (χ0n) is 15.6. The summed E-state index contributed by atoms with van der Waals surface area (Å²) < 4.78 is 0. The van der Waals surface area contributed by atoms with Gasteiger partial charge >= 0.3 is 0 Å². The highest BCUT2D eigenvalue weighted by atomic mass is 16.2. The van der Waals surface area contributed by atoms with Gasteiger partial charge in [0.15, 0.2) is 0 Å². The van der Waals surface area contributed by atoms with Crippen LogP contribution in [0.5, 0.6) is 0 Å². The smallest absolute Gasteiger partial charge is 0.244 e. The minimum atomic E-state index is -0.195. The van der Waals surface area contributed by atoms with Crippen molar-refractivity contribution < 1.29 is 9.59 Å². The monoisotopic (exact) mass is 338 g/mol. The topological polar surface area (TPSA) is 49.4 Å². The van der Waals surface area contributed by atoms with Crippen molar-refractivity contribution in [2.24, 2.45) is 0 Å². The molecular weight excluding hydrogens is 312 g/mol. The zero-order valence-corrected chi connectivity index (χ0v) is 15.6. The Morgan fingerprint density at radius 3 is 2.36 bits per heavy atom. The Bertz CT molecular complexity index is 796. The van der Waals surface area contributed by atoms with Crippen LogP contribution >= 0.6 is 0 Å². The molecule has 0 bridgehead atoms. The Kier molecular flexibility index (Phi) is 5.97. The van der Waals surface area contributed by atoms with Gasteiger partial charge in [-0.2, -0.15) is 0 Å². The highest BCUT2D eigenvalue weighted by molar-refractivity contribution is 6.02. The molecule has 0 fully saturated rings. The van der Waals surface area contributed by atoms with Crippen molar-refractivity contribution in [2.45, 2.75) is 41.0 Å². The molecule has 132 valence electrons. The fraction of sp³-hybridized carbons (Fsp3) is 0.333. The highest BCUT2D eigenvalue weighted by Crippen LogP contribution is 2.23. The van der Waals surface area contributed by atoms with Crippen LogP contribution in [0.1, 0.15) is 36.1 Å². The average Bonchev–Trinajstić information content (AvgIpc) is 2.55. The van der Waals surface area contributed by atoms with Gasteiger partial charge in [-0.05, 0) is 49.9 Å². The molecular formula is C21H26N2O2. The van der Waals surface area contributed by atoms with Crippen LogP contribution < -0.4 is 10.2 Å². The third-order valence-electron chi connectivity index (χ3n) is 4.33. The predicted molar refractivity (Wildman–Crippen MR) is 103 cm³/mol. The Hall–Kier alpha value is -2.62. The Morgan fingerprint density at radius 1 is 1.04 bits per heavy atom. The number of carbonyl (C=O) groups excluding carboxylic acids is 2. The number of aryl methyl sites for hydroxylation is 4. The molecule has 0 aromatic heterocycles. The van der Waals surface area contributed by atoms with Gasteiger partial charge in [0.25, 0.3) is 0 Å². The Labute approximate surface area is 149 Å². The number of amides is 2. The summed E-state index contributed by atoms with van der Waals surface area (Å²) in [6.07, 6.45) is 0.838. The first-order chi connectivity index (χ1) is 11.8. The minimum Gasteiger partial charge on any atom is -0.324 e. The molecule has 4 heteroatoms. The molecule has 0 unspecified atom stereocenters. The van der Waals surface area contributed by atoms with Crippen LogP contribution in [0, 0.1) is 20.8 Å². The second kappa shape index (κ2) is 7.97. The Balaban J connectivity index is 2.23. The summed E-state index contributed by atoms with van der Waals surface area (Å²) in [5.74, 6) is -0.346. The van der Waals surface area contributed by atoms with Crippen molar-refractivity contribution in [1.29, 1.82) is 0 Å². The first-order valence-electron chi connectivity index (χ1n) is 8.57. The lowest BCUT2D eigenvalue weighted by Gasteiger charge is -2.23. The van der Waals surface area contributed by atoms with Gasteiger partial charge in [0.2, 0.25) is 11.8 Å². The second-order valence-electron chi connectivity index (χ2n) is 6.41. The molecule has 0 aliphatic heterocycles. The molecule has 0 aliphatic carbocycles. The maximum absolute atomic E-state index is 12.6. The summed E-state index contributed by atoms with van der Waals surface area (Å²) in [5.41, 5.74) is 5.84. The van der Waals surface area contributed by atoms with Gasteiger partial charge < -0.3 is 10.2 Å². The molecule has 2 aromatic rings. The van der Waals surface area contributed by atoms with Crippen LogP contribution in [-0.2, 0) is 16.0 Å². The summed E-state index contributed by atoms with van der Waals surface area (Å²) >= 11 is 0. The predicted octanol–water partition coefficient (Wildman–Crippen LogP) is 4.17. The van der Waals surface area contributed by atoms with Crippen LogP contribution in [0.3, 0.4) is 0 Å². The number of rotatable bonds is 5. The lowest BCUT2D eigenvalue weighted by Crippen LogP contribution is -2.37. The molecule has 0 heterocycles. The van der Waals surface area contributed by atoms with E-state index in [9.17, 15) is 9.59 Å². The highest BCUT2D eigenvalue weighted by Gasteiger charge is 2.18. The number of nitrogens with zero attached hydrogens (tertiary/aromatic N) is 1. The second-order valence-corrected chi connectivity index (χ2v) is 6.41. The molecule has 0 aliphatic rings. The van der Waals surface area contributed by atoms with Crippen molar-refractivity contribution in [3.63, 3.8) is 0 Å². The molecule has 4 nitrogen and oxygen atoms in total. The number of benzene rings is 2. The van der Waals surface area contributed by atoms with E-state index in [1.54, 1.807) is 0 Å². The number of para-hydroxylation sites is 1. The Morgan fingerprint density at radius 2 is 1.76 bits per heavy atom. The van der Waals surface area contributed by atoms with E-state index in [0.29, 0.717) is 0 Å². The summed E-state index contributed by atoms with van der Waals surface area (Å²) in [6, 6.07) is 11.8. The fourth-order valence-corrected chi connectivity index (χ4v) is 3.00. The number of carbonyl (C=O) groups is 2. The molecule has 2 amide bonds. The molecule has 0 radical (unpaired) electrons. The van der Waals surface area contributed by atoms with Crippen molar-refractivity contribution >= 4 is 23.2 Å². The van der Waals surface area contributed by atoms with E-state index in [-0.39, 0.29) is 18.4 Å². The van der Waals surface area contributed by atoms with Gasteiger partial charge in [0.1, 0.15) is 6.54 Å². The van der Waals surface area contributed by atoms with Crippen LogP contribution in [0.15, 0.2) is 36.4 Å². The van der Waals surface area contributed by atoms with Crippen LogP contribution in [-0.4, -0.2) is 18.4 Å². The number of nitrogens with one attached hydrogen (secondary N) is 1. The van der Waals surface area contributed by atoms with Gasteiger partial charge in [-0.25, -0.2) is 0 Å². The lowest BCUT2D eigenvalue weighted by atomic mass is 10.1. The van der Waals surface area contributed by atoms with E-state index in [1.807, 2.05) is 57.2 Å². The molecule has 0 saturated carbocycles. The molecule has 2 rings (SSSR count). The van der Waals surface area contributed by atoms with E-state index >= 15 is 0 Å². The maximum atomic E-state index is 12.6. The van der Waals surface area contributed by atoms with E-state index in [2.05, 4.69) is 12.2 Å². The van der Waals surface area contributed by atoms with Gasteiger partial charge in [0.05, 0.1) is 0 Å². The van der Waals surface area contributed by atoms with Crippen molar-refractivity contribution in [2.75, 3.05) is 16.8 Å². The van der Waals surface area contributed by atoms with E-state index in [0.717, 1.165) is 40.0 Å². The third kappa shape index (κ3) is 4.47. The van der Waals surface area contributed by atoms with E-state index in [4.69, 9.17) is 0 Å². The van der Waals surface area contributed by atoms with Gasteiger partial charge in [0, 0.05) is 18.3 Å². The molecule has 0 atom stereocenters. The molecule has 25 heavy (non-hydrogen) atoms. The van der Waals surface area contributed by atoms with E-state index in [1.165, 1.54) is 11.8 Å². The molecule has 0 saturated heterocycles. The van der Waals surface area contributed by atoms with Crippen LogP contribution in [0.25, 0.3) is 0 Å². The van der Waals surface area contributed by atoms with Crippen LogP contribution in [0.4, 0.5) is 11.4 Å². The SMILES string of the molecule is CCc1cccc(C)c1NC(=O)CN(C(C)=O)c1ccc(C)cc1C. The zero-order chi connectivity index (χ0) is 18.6.